The molecule has 0 radical (unpaired) electrons. The molecule has 2 heterocycles. The van der Waals surface area contributed by atoms with Crippen molar-refractivity contribution in [3.05, 3.63) is 82.4 Å². The Morgan fingerprint density at radius 2 is 1.84 bits per heavy atom. The number of rotatable bonds is 6. The van der Waals surface area contributed by atoms with Crippen LogP contribution in [-0.4, -0.2) is 19.7 Å². The minimum atomic E-state index is -0.491. The Kier molecular flexibility index (Phi) is 5.06. The quantitative estimate of drug-likeness (QED) is 0.447. The van der Waals surface area contributed by atoms with Crippen LogP contribution in [0.2, 0.25) is 0 Å². The molecule has 5 rings (SSSR count). The van der Waals surface area contributed by atoms with Crippen molar-refractivity contribution in [3.63, 3.8) is 0 Å². The summed E-state index contributed by atoms with van der Waals surface area (Å²) in [5, 5.41) is 7.43. The second kappa shape index (κ2) is 7.89. The smallest absolute Gasteiger partial charge is 0.392 e. The molecule has 0 unspecified atom stereocenters. The van der Waals surface area contributed by atoms with Gasteiger partial charge in [-0.3, -0.25) is 0 Å². The van der Waals surface area contributed by atoms with Crippen molar-refractivity contribution in [1.29, 1.82) is 0 Å². The van der Waals surface area contributed by atoms with Gasteiger partial charge in [-0.15, -0.1) is 5.10 Å². The van der Waals surface area contributed by atoms with E-state index in [4.69, 9.17) is 4.42 Å². The first-order valence-corrected chi connectivity index (χ1v) is 11.3. The molecule has 158 valence electrons. The van der Waals surface area contributed by atoms with Crippen molar-refractivity contribution in [1.82, 2.24) is 19.7 Å². The van der Waals surface area contributed by atoms with Crippen LogP contribution in [0.5, 0.6) is 0 Å². The summed E-state index contributed by atoms with van der Waals surface area (Å²) in [5.41, 5.74) is 4.65. The lowest BCUT2D eigenvalue weighted by Gasteiger charge is -2.09. The number of hydrogen-bond donors (Lipinski definition) is 1. The Hall–Kier alpha value is -3.06. The van der Waals surface area contributed by atoms with E-state index in [1.807, 2.05) is 13.4 Å². The molecule has 1 aliphatic carbocycles. The van der Waals surface area contributed by atoms with Crippen LogP contribution in [-0.2, 0) is 7.05 Å². The van der Waals surface area contributed by atoms with Crippen LogP contribution in [0.1, 0.15) is 55.0 Å². The lowest BCUT2D eigenvalue weighted by molar-refractivity contribution is 0.461. The van der Waals surface area contributed by atoms with Gasteiger partial charge < -0.3 is 8.98 Å². The number of aromatic amines is 1. The van der Waals surface area contributed by atoms with Crippen molar-refractivity contribution in [2.75, 3.05) is 0 Å². The van der Waals surface area contributed by atoms with E-state index in [9.17, 15) is 4.79 Å². The molecule has 1 fully saturated rings. The van der Waals surface area contributed by atoms with E-state index < -0.39 is 5.76 Å². The minimum absolute atomic E-state index is 0.180. The summed E-state index contributed by atoms with van der Waals surface area (Å²) in [6.45, 7) is 4.42. The molecule has 0 spiro atoms. The van der Waals surface area contributed by atoms with Crippen molar-refractivity contribution < 1.29 is 4.42 Å². The molecule has 2 atom stereocenters. The number of aromatic nitrogens is 4. The first-order valence-electron chi connectivity index (χ1n) is 10.4. The lowest BCUT2D eigenvalue weighted by Crippen LogP contribution is -1.93. The Morgan fingerprint density at radius 1 is 1.10 bits per heavy atom. The van der Waals surface area contributed by atoms with Gasteiger partial charge in [0.05, 0.1) is 6.33 Å². The van der Waals surface area contributed by atoms with E-state index in [2.05, 4.69) is 82.1 Å². The number of imidazole rings is 1. The van der Waals surface area contributed by atoms with Crippen LogP contribution in [0, 0.1) is 0 Å². The van der Waals surface area contributed by atoms with Gasteiger partial charge >= 0.3 is 5.76 Å². The molecule has 2 aromatic carbocycles. The summed E-state index contributed by atoms with van der Waals surface area (Å²) in [5.74, 6) is 1.07. The van der Waals surface area contributed by atoms with Gasteiger partial charge in [0.1, 0.15) is 10.7 Å². The van der Waals surface area contributed by atoms with Gasteiger partial charge in [0.25, 0.3) is 0 Å². The number of benzene rings is 2. The van der Waals surface area contributed by atoms with E-state index in [-0.39, 0.29) is 5.92 Å². The fourth-order valence-electron chi connectivity index (χ4n) is 3.89. The van der Waals surface area contributed by atoms with Gasteiger partial charge in [-0.1, -0.05) is 62.0 Å². The molecule has 4 aromatic rings. The van der Waals surface area contributed by atoms with Crippen LogP contribution < -0.4 is 5.76 Å². The molecule has 0 saturated heterocycles. The highest BCUT2D eigenvalue weighted by molar-refractivity contribution is 7.99. The predicted molar refractivity (Wildman–Crippen MR) is 121 cm³/mol. The number of nitrogens with one attached hydrogen (secondary N) is 1. The highest BCUT2D eigenvalue weighted by atomic mass is 32.2. The second-order valence-corrected chi connectivity index (χ2v) is 9.42. The zero-order valence-corrected chi connectivity index (χ0v) is 18.5. The third-order valence-corrected chi connectivity index (χ3v) is 7.00. The Morgan fingerprint density at radius 3 is 2.48 bits per heavy atom. The van der Waals surface area contributed by atoms with E-state index in [0.717, 1.165) is 22.7 Å². The fourth-order valence-corrected chi connectivity index (χ4v) is 4.85. The molecule has 0 aliphatic heterocycles. The summed E-state index contributed by atoms with van der Waals surface area (Å²) in [6.07, 6.45) is 2.81. The van der Waals surface area contributed by atoms with Crippen LogP contribution in [0.25, 0.3) is 11.3 Å². The van der Waals surface area contributed by atoms with Gasteiger partial charge in [0, 0.05) is 23.4 Å². The van der Waals surface area contributed by atoms with E-state index in [0.29, 0.717) is 17.7 Å². The summed E-state index contributed by atoms with van der Waals surface area (Å²) in [6, 6.07) is 17.3. The van der Waals surface area contributed by atoms with Crippen LogP contribution in [0.15, 0.2) is 74.0 Å². The average molecular weight is 433 g/mol. The summed E-state index contributed by atoms with van der Waals surface area (Å²) in [4.78, 5) is 17.0. The Labute approximate surface area is 184 Å². The molecular weight excluding hydrogens is 408 g/mol. The average Bonchev–Trinajstić information content (AvgIpc) is 3.33. The number of hydrogen-bond acceptors (Lipinski definition) is 5. The third-order valence-electron chi connectivity index (χ3n) is 5.82. The first-order chi connectivity index (χ1) is 15.0. The molecule has 6 nitrogen and oxygen atoms in total. The third kappa shape index (κ3) is 3.97. The topological polar surface area (TPSA) is 76.7 Å². The van der Waals surface area contributed by atoms with Crippen LogP contribution >= 0.6 is 11.8 Å². The summed E-state index contributed by atoms with van der Waals surface area (Å²) in [7, 11) is 2.03. The molecule has 2 aromatic heterocycles. The fraction of sp³-hybridized carbons (Fsp3) is 0.292. The highest BCUT2D eigenvalue weighted by Gasteiger charge is 2.43. The maximum atomic E-state index is 11.2. The van der Waals surface area contributed by atoms with Crippen molar-refractivity contribution in [2.24, 2.45) is 7.05 Å². The minimum Gasteiger partial charge on any atom is -0.392 e. The van der Waals surface area contributed by atoms with Crippen LogP contribution in [0.3, 0.4) is 0 Å². The van der Waals surface area contributed by atoms with E-state index in [1.54, 1.807) is 11.8 Å². The Balaban J connectivity index is 1.35. The molecule has 1 saturated carbocycles. The molecule has 0 bridgehead atoms. The molecule has 1 aliphatic rings. The van der Waals surface area contributed by atoms with Gasteiger partial charge in [0.2, 0.25) is 5.89 Å². The molecule has 0 amide bonds. The van der Waals surface area contributed by atoms with Crippen molar-refractivity contribution in [2.45, 2.75) is 47.9 Å². The zero-order valence-electron chi connectivity index (χ0n) is 17.7. The zero-order chi connectivity index (χ0) is 21.5. The predicted octanol–water partition coefficient (Wildman–Crippen LogP) is 5.31. The number of H-pyrrole nitrogens is 1. The standard InChI is InChI=1S/C24H24N4O2S/c1-14(2)15-8-10-18(11-9-15)31-23-21(25-13-28(23)3)17-6-4-16(5-7-17)19-12-20(19)22-26-27-24(29)30-22/h4-11,13-14,19-20H,12H2,1-3H3,(H,27,29)/t19-,20+/m1/s1. The largest absolute Gasteiger partial charge is 0.434 e. The van der Waals surface area contributed by atoms with Gasteiger partial charge in [-0.25, -0.2) is 14.9 Å². The molecular formula is C24H24N4O2S. The monoisotopic (exact) mass is 432 g/mol. The van der Waals surface area contributed by atoms with Crippen molar-refractivity contribution >= 4 is 11.8 Å². The van der Waals surface area contributed by atoms with Gasteiger partial charge in [-0.2, -0.15) is 0 Å². The lowest BCUT2D eigenvalue weighted by atomic mass is 10.0. The maximum Gasteiger partial charge on any atom is 0.434 e. The highest BCUT2D eigenvalue weighted by Crippen LogP contribution is 2.54. The SMILES string of the molecule is CC(C)c1ccc(Sc2c(-c3ccc([C@H]4C[C@@H]4c4n[nH]c(=O)o4)cc3)ncn2C)cc1. The molecule has 31 heavy (non-hydrogen) atoms. The summed E-state index contributed by atoms with van der Waals surface area (Å²) < 4.78 is 7.18. The molecule has 1 N–H and O–H groups in total. The van der Waals surface area contributed by atoms with Gasteiger partial charge in [0.15, 0.2) is 0 Å². The van der Waals surface area contributed by atoms with Crippen molar-refractivity contribution in [3.8, 4) is 11.3 Å². The van der Waals surface area contributed by atoms with E-state index in [1.165, 1.54) is 16.0 Å². The first kappa shape index (κ1) is 19.9. The number of aryl methyl sites for hydroxylation is 1. The molecule has 7 heteroatoms. The maximum absolute atomic E-state index is 11.2. The van der Waals surface area contributed by atoms with E-state index >= 15 is 0 Å². The van der Waals surface area contributed by atoms with Gasteiger partial charge in [-0.05, 0) is 41.5 Å². The Bertz CT molecular complexity index is 1250. The summed E-state index contributed by atoms with van der Waals surface area (Å²) >= 11 is 1.73. The normalized spacial score (nSPS) is 17.9. The van der Waals surface area contributed by atoms with Crippen LogP contribution in [0.4, 0.5) is 0 Å². The second-order valence-electron chi connectivity index (χ2n) is 8.36. The number of nitrogens with zero attached hydrogens (tertiary/aromatic N) is 3.